The minimum absolute atomic E-state index is 0.317. The van der Waals surface area contributed by atoms with Crippen LogP contribution in [-0.2, 0) is 20.7 Å². The highest BCUT2D eigenvalue weighted by Gasteiger charge is 2.00. The second-order valence-corrected chi connectivity index (χ2v) is 6.45. The zero-order valence-corrected chi connectivity index (χ0v) is 11.1. The van der Waals surface area contributed by atoms with Crippen LogP contribution in [0.3, 0.4) is 0 Å². The highest BCUT2D eigenvalue weighted by molar-refractivity contribution is 7.85. The number of aryl methyl sites for hydroxylation is 1. The predicted molar refractivity (Wildman–Crippen MR) is 67.3 cm³/mol. The van der Waals surface area contributed by atoms with Crippen molar-refractivity contribution >= 4 is 21.5 Å². The smallest absolute Gasteiger partial charge is 0.264 e. The molecule has 0 bridgehead atoms. The SMILES string of the molecule is CS(=O)(=O)OCCCCCCc1cccs1. The molecule has 5 heteroatoms. The van der Waals surface area contributed by atoms with Crippen molar-refractivity contribution in [3.8, 4) is 0 Å². The van der Waals surface area contributed by atoms with Crippen LogP contribution in [0.1, 0.15) is 30.6 Å². The van der Waals surface area contributed by atoms with Gasteiger partial charge < -0.3 is 0 Å². The van der Waals surface area contributed by atoms with Gasteiger partial charge in [0.2, 0.25) is 0 Å². The van der Waals surface area contributed by atoms with Crippen molar-refractivity contribution < 1.29 is 12.6 Å². The summed E-state index contributed by atoms with van der Waals surface area (Å²) in [7, 11) is -3.25. The Morgan fingerprint density at radius 3 is 2.62 bits per heavy atom. The van der Waals surface area contributed by atoms with Crippen LogP contribution in [0, 0.1) is 0 Å². The molecule has 0 radical (unpaired) electrons. The molecule has 0 saturated heterocycles. The lowest BCUT2D eigenvalue weighted by atomic mass is 10.1. The fraction of sp³-hybridized carbons (Fsp3) is 0.636. The summed E-state index contributed by atoms with van der Waals surface area (Å²) < 4.78 is 26.0. The molecule has 1 aromatic heterocycles. The van der Waals surface area contributed by atoms with E-state index in [0.717, 1.165) is 31.9 Å². The van der Waals surface area contributed by atoms with E-state index in [1.807, 2.05) is 0 Å². The fourth-order valence-corrected chi connectivity index (χ4v) is 2.59. The van der Waals surface area contributed by atoms with E-state index >= 15 is 0 Å². The Labute approximate surface area is 102 Å². The van der Waals surface area contributed by atoms with Crippen LogP contribution >= 0.6 is 11.3 Å². The predicted octanol–water partition coefficient (Wildman–Crippen LogP) is 2.83. The molecule has 0 spiro atoms. The molecular formula is C11H18O3S2. The van der Waals surface area contributed by atoms with Crippen LogP contribution in [-0.4, -0.2) is 21.3 Å². The normalized spacial score (nSPS) is 11.8. The Hall–Kier alpha value is -0.390. The van der Waals surface area contributed by atoms with Crippen molar-refractivity contribution in [1.29, 1.82) is 0 Å². The zero-order chi connectivity index (χ0) is 11.9. The van der Waals surface area contributed by atoms with E-state index in [1.54, 1.807) is 11.3 Å². The van der Waals surface area contributed by atoms with Crippen molar-refractivity contribution in [2.75, 3.05) is 12.9 Å². The van der Waals surface area contributed by atoms with E-state index in [1.165, 1.54) is 11.3 Å². The van der Waals surface area contributed by atoms with E-state index in [4.69, 9.17) is 0 Å². The minimum Gasteiger partial charge on any atom is -0.270 e. The van der Waals surface area contributed by atoms with Gasteiger partial charge in [-0.3, -0.25) is 4.18 Å². The Bertz CT molecular complexity index is 368. The lowest BCUT2D eigenvalue weighted by molar-refractivity contribution is 0.310. The average Bonchev–Trinajstić information content (AvgIpc) is 2.67. The van der Waals surface area contributed by atoms with E-state index < -0.39 is 10.1 Å². The third kappa shape index (κ3) is 6.98. The van der Waals surface area contributed by atoms with Crippen molar-refractivity contribution in [3.63, 3.8) is 0 Å². The highest BCUT2D eigenvalue weighted by Crippen LogP contribution is 2.13. The van der Waals surface area contributed by atoms with Gasteiger partial charge in [0, 0.05) is 4.88 Å². The maximum atomic E-state index is 10.7. The van der Waals surface area contributed by atoms with Crippen LogP contribution in [0.25, 0.3) is 0 Å². The van der Waals surface area contributed by atoms with Crippen LogP contribution in [0.15, 0.2) is 17.5 Å². The molecule has 0 fully saturated rings. The molecular weight excluding hydrogens is 244 g/mol. The maximum Gasteiger partial charge on any atom is 0.264 e. The van der Waals surface area contributed by atoms with Gasteiger partial charge in [-0.15, -0.1) is 11.3 Å². The molecule has 92 valence electrons. The fourth-order valence-electron chi connectivity index (χ4n) is 1.42. The number of rotatable bonds is 8. The Morgan fingerprint density at radius 2 is 2.00 bits per heavy atom. The summed E-state index contributed by atoms with van der Waals surface area (Å²) in [5.41, 5.74) is 0. The average molecular weight is 262 g/mol. The Balaban J connectivity index is 1.93. The van der Waals surface area contributed by atoms with Gasteiger partial charge in [-0.2, -0.15) is 8.42 Å². The van der Waals surface area contributed by atoms with Gasteiger partial charge in [0.15, 0.2) is 0 Å². The summed E-state index contributed by atoms with van der Waals surface area (Å²) in [6.45, 7) is 0.317. The van der Waals surface area contributed by atoms with Crippen LogP contribution < -0.4 is 0 Å². The number of thiophene rings is 1. The second-order valence-electron chi connectivity index (χ2n) is 3.77. The molecule has 0 unspecified atom stereocenters. The van der Waals surface area contributed by atoms with Crippen LogP contribution in [0.2, 0.25) is 0 Å². The molecule has 3 nitrogen and oxygen atoms in total. The first kappa shape index (κ1) is 13.7. The molecule has 0 aromatic carbocycles. The van der Waals surface area contributed by atoms with Crippen LogP contribution in [0.4, 0.5) is 0 Å². The molecule has 1 rings (SSSR count). The third-order valence-corrected chi connectivity index (χ3v) is 3.73. The first-order valence-corrected chi connectivity index (χ1v) is 8.14. The summed E-state index contributed by atoms with van der Waals surface area (Å²) in [6.07, 6.45) is 6.36. The van der Waals surface area contributed by atoms with Gasteiger partial charge in [0.1, 0.15) is 0 Å². The molecule has 16 heavy (non-hydrogen) atoms. The highest BCUT2D eigenvalue weighted by atomic mass is 32.2. The molecule has 1 heterocycles. The lowest BCUT2D eigenvalue weighted by Crippen LogP contribution is -2.03. The first-order chi connectivity index (χ1) is 7.58. The van der Waals surface area contributed by atoms with E-state index in [0.29, 0.717) is 6.61 Å². The zero-order valence-electron chi connectivity index (χ0n) is 9.52. The lowest BCUT2D eigenvalue weighted by Gasteiger charge is -2.01. The topological polar surface area (TPSA) is 43.4 Å². The minimum atomic E-state index is -3.25. The summed E-state index contributed by atoms with van der Waals surface area (Å²) in [5, 5.41) is 2.09. The van der Waals surface area contributed by atoms with Gasteiger partial charge in [-0.25, -0.2) is 0 Å². The van der Waals surface area contributed by atoms with Gasteiger partial charge in [0.05, 0.1) is 12.9 Å². The van der Waals surface area contributed by atoms with Gasteiger partial charge >= 0.3 is 0 Å². The molecule has 1 aromatic rings. The third-order valence-electron chi connectivity index (χ3n) is 2.20. The van der Waals surface area contributed by atoms with E-state index in [-0.39, 0.29) is 0 Å². The van der Waals surface area contributed by atoms with Crippen LogP contribution in [0.5, 0.6) is 0 Å². The summed E-state index contributed by atoms with van der Waals surface area (Å²) >= 11 is 1.79. The molecule has 0 N–H and O–H groups in total. The summed E-state index contributed by atoms with van der Waals surface area (Å²) in [4.78, 5) is 1.42. The second kappa shape index (κ2) is 7.04. The van der Waals surface area contributed by atoms with Gasteiger partial charge in [-0.1, -0.05) is 18.9 Å². The number of hydrogen-bond donors (Lipinski definition) is 0. The van der Waals surface area contributed by atoms with Crippen molar-refractivity contribution in [2.45, 2.75) is 32.1 Å². The molecule has 0 amide bonds. The van der Waals surface area contributed by atoms with Crippen molar-refractivity contribution in [3.05, 3.63) is 22.4 Å². The molecule has 0 aliphatic heterocycles. The molecule has 0 aliphatic carbocycles. The quantitative estimate of drug-likeness (QED) is 0.534. The van der Waals surface area contributed by atoms with E-state index in [9.17, 15) is 8.42 Å². The Morgan fingerprint density at radius 1 is 1.25 bits per heavy atom. The maximum absolute atomic E-state index is 10.7. The molecule has 0 atom stereocenters. The van der Waals surface area contributed by atoms with Gasteiger partial charge in [-0.05, 0) is 30.7 Å². The first-order valence-electron chi connectivity index (χ1n) is 5.45. The van der Waals surface area contributed by atoms with E-state index in [2.05, 4.69) is 21.7 Å². The number of unbranched alkanes of at least 4 members (excludes halogenated alkanes) is 3. The number of hydrogen-bond acceptors (Lipinski definition) is 4. The van der Waals surface area contributed by atoms with Crippen molar-refractivity contribution in [2.24, 2.45) is 0 Å². The standard InChI is InChI=1S/C11H18O3S2/c1-16(12,13)14-9-5-3-2-4-7-11-8-6-10-15-11/h6,8,10H,2-5,7,9H2,1H3. The monoisotopic (exact) mass is 262 g/mol. The molecule has 0 saturated carbocycles. The summed E-state index contributed by atoms with van der Waals surface area (Å²) in [6, 6.07) is 4.22. The van der Waals surface area contributed by atoms with Crippen molar-refractivity contribution in [1.82, 2.24) is 0 Å². The summed E-state index contributed by atoms with van der Waals surface area (Å²) in [5.74, 6) is 0. The van der Waals surface area contributed by atoms with Gasteiger partial charge in [0.25, 0.3) is 10.1 Å². The molecule has 0 aliphatic rings. The Kier molecular flexibility index (Phi) is 6.01. The largest absolute Gasteiger partial charge is 0.270 e.